The van der Waals surface area contributed by atoms with Crippen molar-refractivity contribution in [2.75, 3.05) is 6.61 Å². The summed E-state index contributed by atoms with van der Waals surface area (Å²) in [4.78, 5) is 0. The standard InChI is InChI=1S/C16H18BrNOS/c1-11(6-12-3-5-20-10-12)18-9-14-8-15(17)7-13-2-4-19-16(13)14/h3,5,7-8,10-11,18H,2,4,6,9H2,1H3. The largest absolute Gasteiger partial charge is 0.493 e. The van der Waals surface area contributed by atoms with Gasteiger partial charge in [0.15, 0.2) is 0 Å². The summed E-state index contributed by atoms with van der Waals surface area (Å²) >= 11 is 5.35. The van der Waals surface area contributed by atoms with Gasteiger partial charge >= 0.3 is 0 Å². The molecule has 3 rings (SSSR count). The quantitative estimate of drug-likeness (QED) is 0.872. The number of hydrogen-bond donors (Lipinski definition) is 1. The maximum atomic E-state index is 5.76. The van der Waals surface area contributed by atoms with Gasteiger partial charge in [-0.15, -0.1) is 0 Å². The van der Waals surface area contributed by atoms with Crippen molar-refractivity contribution in [1.29, 1.82) is 0 Å². The van der Waals surface area contributed by atoms with Gasteiger partial charge in [-0.05, 0) is 53.4 Å². The van der Waals surface area contributed by atoms with Crippen LogP contribution < -0.4 is 10.1 Å². The molecule has 1 aromatic heterocycles. The predicted octanol–water partition coefficient (Wildman–Crippen LogP) is 4.17. The molecule has 1 atom stereocenters. The van der Waals surface area contributed by atoms with Gasteiger partial charge in [0.1, 0.15) is 5.75 Å². The van der Waals surface area contributed by atoms with Gasteiger partial charge in [0, 0.05) is 29.0 Å². The second kappa shape index (κ2) is 6.29. The normalized spacial score (nSPS) is 14.9. The van der Waals surface area contributed by atoms with Crippen LogP contribution in [0.25, 0.3) is 0 Å². The van der Waals surface area contributed by atoms with E-state index in [9.17, 15) is 0 Å². The molecule has 0 radical (unpaired) electrons. The fraction of sp³-hybridized carbons (Fsp3) is 0.375. The molecule has 2 heterocycles. The highest BCUT2D eigenvalue weighted by molar-refractivity contribution is 9.10. The van der Waals surface area contributed by atoms with E-state index in [0.717, 1.165) is 36.2 Å². The zero-order chi connectivity index (χ0) is 13.9. The van der Waals surface area contributed by atoms with E-state index in [1.807, 2.05) is 0 Å². The molecule has 20 heavy (non-hydrogen) atoms. The van der Waals surface area contributed by atoms with Crippen molar-refractivity contribution in [3.63, 3.8) is 0 Å². The third-order valence-corrected chi connectivity index (χ3v) is 4.78. The Bertz CT molecular complexity index is 582. The Hall–Kier alpha value is -0.840. The molecule has 1 unspecified atom stereocenters. The predicted molar refractivity (Wildman–Crippen MR) is 87.7 cm³/mol. The van der Waals surface area contributed by atoms with E-state index in [2.05, 4.69) is 57.1 Å². The average molecular weight is 352 g/mol. The molecule has 1 N–H and O–H groups in total. The van der Waals surface area contributed by atoms with Crippen LogP contribution in [0.3, 0.4) is 0 Å². The first-order valence-electron chi connectivity index (χ1n) is 6.91. The molecule has 1 aliphatic heterocycles. The molecule has 4 heteroatoms. The molecule has 2 nitrogen and oxygen atoms in total. The Morgan fingerprint density at radius 2 is 2.35 bits per heavy atom. The number of ether oxygens (including phenoxy) is 1. The lowest BCUT2D eigenvalue weighted by atomic mass is 10.1. The van der Waals surface area contributed by atoms with Crippen molar-refractivity contribution in [3.05, 3.63) is 50.1 Å². The van der Waals surface area contributed by atoms with E-state index in [-0.39, 0.29) is 0 Å². The maximum absolute atomic E-state index is 5.76. The Balaban J connectivity index is 1.64. The molecular weight excluding hydrogens is 334 g/mol. The van der Waals surface area contributed by atoms with Gasteiger partial charge < -0.3 is 10.1 Å². The Labute approximate surface area is 132 Å². The second-order valence-electron chi connectivity index (χ2n) is 5.27. The first-order chi connectivity index (χ1) is 9.72. The average Bonchev–Trinajstić information content (AvgIpc) is 3.06. The summed E-state index contributed by atoms with van der Waals surface area (Å²) in [6.45, 7) is 3.90. The molecule has 106 valence electrons. The number of thiophene rings is 1. The van der Waals surface area contributed by atoms with Gasteiger partial charge in [-0.1, -0.05) is 15.9 Å². The molecule has 2 aromatic rings. The number of hydrogen-bond acceptors (Lipinski definition) is 3. The van der Waals surface area contributed by atoms with E-state index < -0.39 is 0 Å². The van der Waals surface area contributed by atoms with Crippen LogP contribution >= 0.6 is 27.3 Å². The van der Waals surface area contributed by atoms with Crippen molar-refractivity contribution in [3.8, 4) is 5.75 Å². The highest BCUT2D eigenvalue weighted by Gasteiger charge is 2.17. The van der Waals surface area contributed by atoms with Crippen LogP contribution in [0.4, 0.5) is 0 Å². The van der Waals surface area contributed by atoms with Gasteiger partial charge in [0.05, 0.1) is 6.61 Å². The summed E-state index contributed by atoms with van der Waals surface area (Å²) in [6, 6.07) is 6.98. The molecule has 0 spiro atoms. The van der Waals surface area contributed by atoms with Crippen LogP contribution in [-0.4, -0.2) is 12.6 Å². The molecule has 0 aliphatic carbocycles. The zero-order valence-electron chi connectivity index (χ0n) is 11.5. The fourth-order valence-corrected chi connectivity index (χ4v) is 3.83. The SMILES string of the molecule is CC(Cc1ccsc1)NCc1cc(Br)cc2c1OCC2. The van der Waals surface area contributed by atoms with Gasteiger partial charge in [-0.2, -0.15) is 11.3 Å². The topological polar surface area (TPSA) is 21.3 Å². The van der Waals surface area contributed by atoms with Gasteiger partial charge in [0.2, 0.25) is 0 Å². The van der Waals surface area contributed by atoms with E-state index in [0.29, 0.717) is 6.04 Å². The van der Waals surface area contributed by atoms with Crippen molar-refractivity contribution in [2.24, 2.45) is 0 Å². The summed E-state index contributed by atoms with van der Waals surface area (Å²) in [5, 5.41) is 7.95. The number of rotatable bonds is 5. The van der Waals surface area contributed by atoms with E-state index in [1.165, 1.54) is 16.7 Å². The summed E-state index contributed by atoms with van der Waals surface area (Å²) in [6.07, 6.45) is 2.09. The minimum atomic E-state index is 0.459. The second-order valence-corrected chi connectivity index (χ2v) is 6.97. The van der Waals surface area contributed by atoms with Crippen LogP contribution in [0.1, 0.15) is 23.6 Å². The third-order valence-electron chi connectivity index (χ3n) is 3.59. The summed E-state index contributed by atoms with van der Waals surface area (Å²) in [5.74, 6) is 1.09. The molecule has 0 amide bonds. The number of benzene rings is 1. The van der Waals surface area contributed by atoms with Crippen LogP contribution in [0, 0.1) is 0 Å². The van der Waals surface area contributed by atoms with Crippen molar-refractivity contribution in [1.82, 2.24) is 5.32 Å². The van der Waals surface area contributed by atoms with Crippen molar-refractivity contribution in [2.45, 2.75) is 32.4 Å². The molecule has 0 fully saturated rings. The monoisotopic (exact) mass is 351 g/mol. The minimum absolute atomic E-state index is 0.459. The lowest BCUT2D eigenvalue weighted by molar-refractivity contribution is 0.351. The summed E-state index contributed by atoms with van der Waals surface area (Å²) < 4.78 is 6.91. The summed E-state index contributed by atoms with van der Waals surface area (Å²) in [5.41, 5.74) is 3.98. The van der Waals surface area contributed by atoms with Crippen LogP contribution in [-0.2, 0) is 19.4 Å². The lowest BCUT2D eigenvalue weighted by Crippen LogP contribution is -2.27. The molecule has 0 saturated carbocycles. The van der Waals surface area contributed by atoms with Crippen LogP contribution in [0.2, 0.25) is 0 Å². The van der Waals surface area contributed by atoms with Crippen LogP contribution in [0.5, 0.6) is 5.75 Å². The van der Waals surface area contributed by atoms with Gasteiger partial charge in [-0.3, -0.25) is 0 Å². The highest BCUT2D eigenvalue weighted by atomic mass is 79.9. The first-order valence-corrected chi connectivity index (χ1v) is 8.64. The molecular formula is C16H18BrNOS. The van der Waals surface area contributed by atoms with E-state index in [1.54, 1.807) is 11.3 Å². The minimum Gasteiger partial charge on any atom is -0.493 e. The zero-order valence-corrected chi connectivity index (χ0v) is 13.9. The maximum Gasteiger partial charge on any atom is 0.127 e. The van der Waals surface area contributed by atoms with Gasteiger partial charge in [0.25, 0.3) is 0 Å². The summed E-state index contributed by atoms with van der Waals surface area (Å²) in [7, 11) is 0. The Morgan fingerprint density at radius 1 is 1.45 bits per heavy atom. The number of nitrogens with one attached hydrogen (secondary N) is 1. The van der Waals surface area contributed by atoms with Gasteiger partial charge in [-0.25, -0.2) is 0 Å². The molecule has 1 aliphatic rings. The van der Waals surface area contributed by atoms with Crippen molar-refractivity contribution >= 4 is 27.3 Å². The van der Waals surface area contributed by atoms with E-state index >= 15 is 0 Å². The Kier molecular flexibility index (Phi) is 4.44. The first kappa shape index (κ1) is 14.1. The van der Waals surface area contributed by atoms with Crippen LogP contribution in [0.15, 0.2) is 33.4 Å². The molecule has 0 saturated heterocycles. The molecule has 0 bridgehead atoms. The third kappa shape index (κ3) is 3.25. The highest BCUT2D eigenvalue weighted by Crippen LogP contribution is 2.32. The smallest absolute Gasteiger partial charge is 0.127 e. The lowest BCUT2D eigenvalue weighted by Gasteiger charge is -2.15. The number of fused-ring (bicyclic) bond motifs is 1. The number of halogens is 1. The fourth-order valence-electron chi connectivity index (χ4n) is 2.60. The van der Waals surface area contributed by atoms with E-state index in [4.69, 9.17) is 4.74 Å². The molecule has 1 aromatic carbocycles. The van der Waals surface area contributed by atoms with Crippen molar-refractivity contribution < 1.29 is 4.74 Å². The Morgan fingerprint density at radius 3 is 3.15 bits per heavy atom.